The number of nitrogens with two attached hydrogens (primary N) is 1. The van der Waals surface area contributed by atoms with Crippen LogP contribution in [0.4, 0.5) is 5.69 Å². The van der Waals surface area contributed by atoms with Crippen LogP contribution in [0.3, 0.4) is 0 Å². The molecule has 1 atom stereocenters. The van der Waals surface area contributed by atoms with E-state index in [2.05, 4.69) is 4.74 Å². The standard InChI is InChI=1S/C13H19NO3/c1-5-9(3)17-10-6-8(2)12(14)11(7-10)13(15)16-4/h6-7,9H,5,14H2,1-4H3. The quantitative estimate of drug-likeness (QED) is 0.645. The molecule has 0 aromatic heterocycles. The lowest BCUT2D eigenvalue weighted by molar-refractivity contribution is 0.0601. The highest BCUT2D eigenvalue weighted by Crippen LogP contribution is 2.26. The fraction of sp³-hybridized carbons (Fsp3) is 0.462. The molecule has 1 rings (SSSR count). The van der Waals surface area contributed by atoms with Crippen molar-refractivity contribution in [2.75, 3.05) is 12.8 Å². The lowest BCUT2D eigenvalue weighted by atomic mass is 10.1. The van der Waals surface area contributed by atoms with Crippen LogP contribution in [0.2, 0.25) is 0 Å². The summed E-state index contributed by atoms with van der Waals surface area (Å²) in [6.45, 7) is 5.85. The van der Waals surface area contributed by atoms with Crippen molar-refractivity contribution in [1.82, 2.24) is 0 Å². The summed E-state index contributed by atoms with van der Waals surface area (Å²) in [6.07, 6.45) is 1.00. The molecule has 0 bridgehead atoms. The van der Waals surface area contributed by atoms with Crippen LogP contribution in [0.1, 0.15) is 36.2 Å². The summed E-state index contributed by atoms with van der Waals surface area (Å²) in [6, 6.07) is 3.45. The molecule has 0 heterocycles. The van der Waals surface area contributed by atoms with Gasteiger partial charge in [-0.25, -0.2) is 4.79 Å². The fourth-order valence-electron chi connectivity index (χ4n) is 1.43. The van der Waals surface area contributed by atoms with E-state index in [0.29, 0.717) is 17.0 Å². The molecule has 17 heavy (non-hydrogen) atoms. The van der Waals surface area contributed by atoms with Gasteiger partial charge in [-0.05, 0) is 38.0 Å². The van der Waals surface area contributed by atoms with Gasteiger partial charge in [0.1, 0.15) is 5.75 Å². The third kappa shape index (κ3) is 3.12. The van der Waals surface area contributed by atoms with Gasteiger partial charge in [-0.1, -0.05) is 6.92 Å². The Morgan fingerprint density at radius 1 is 1.47 bits per heavy atom. The lowest BCUT2D eigenvalue weighted by Gasteiger charge is -2.15. The number of nitrogen functional groups attached to an aromatic ring is 1. The molecular formula is C13H19NO3. The van der Waals surface area contributed by atoms with Gasteiger partial charge in [-0.3, -0.25) is 0 Å². The van der Waals surface area contributed by atoms with Crippen LogP contribution in [-0.2, 0) is 4.74 Å². The number of hydrogen-bond donors (Lipinski definition) is 1. The molecule has 0 aliphatic rings. The zero-order valence-corrected chi connectivity index (χ0v) is 10.7. The first kappa shape index (κ1) is 13.4. The van der Waals surface area contributed by atoms with Crippen molar-refractivity contribution in [2.45, 2.75) is 33.3 Å². The SMILES string of the molecule is CCC(C)Oc1cc(C)c(N)c(C(=O)OC)c1. The Bertz CT molecular complexity index is 415. The van der Waals surface area contributed by atoms with Crippen LogP contribution in [0.15, 0.2) is 12.1 Å². The molecule has 94 valence electrons. The second-order valence-corrected chi connectivity index (χ2v) is 4.03. The molecule has 0 amide bonds. The minimum absolute atomic E-state index is 0.100. The highest BCUT2D eigenvalue weighted by Gasteiger charge is 2.14. The van der Waals surface area contributed by atoms with Crippen LogP contribution < -0.4 is 10.5 Å². The molecule has 1 unspecified atom stereocenters. The maximum Gasteiger partial charge on any atom is 0.340 e. The zero-order chi connectivity index (χ0) is 13.0. The summed E-state index contributed by atoms with van der Waals surface area (Å²) in [5.74, 6) is 0.201. The predicted octanol–water partition coefficient (Wildman–Crippen LogP) is 2.54. The molecule has 0 saturated heterocycles. The maximum absolute atomic E-state index is 11.5. The smallest absolute Gasteiger partial charge is 0.340 e. The third-order valence-corrected chi connectivity index (χ3v) is 2.68. The molecule has 2 N–H and O–H groups in total. The van der Waals surface area contributed by atoms with Crippen LogP contribution in [-0.4, -0.2) is 19.2 Å². The number of esters is 1. The Kier molecular flexibility index (Phi) is 4.37. The van der Waals surface area contributed by atoms with Gasteiger partial charge in [0.2, 0.25) is 0 Å². The van der Waals surface area contributed by atoms with Crippen molar-refractivity contribution in [3.8, 4) is 5.75 Å². The van der Waals surface area contributed by atoms with Gasteiger partial charge in [-0.2, -0.15) is 0 Å². The van der Waals surface area contributed by atoms with E-state index >= 15 is 0 Å². The number of ether oxygens (including phenoxy) is 2. The van der Waals surface area contributed by atoms with Gasteiger partial charge in [0, 0.05) is 5.69 Å². The van der Waals surface area contributed by atoms with E-state index in [9.17, 15) is 4.79 Å². The average Bonchev–Trinajstić information content (AvgIpc) is 2.32. The van der Waals surface area contributed by atoms with Crippen LogP contribution in [0.5, 0.6) is 5.75 Å². The molecule has 0 aliphatic carbocycles. The number of hydrogen-bond acceptors (Lipinski definition) is 4. The molecule has 0 radical (unpaired) electrons. The number of aryl methyl sites for hydroxylation is 1. The monoisotopic (exact) mass is 237 g/mol. The van der Waals surface area contributed by atoms with Gasteiger partial charge in [0.05, 0.1) is 18.8 Å². The van der Waals surface area contributed by atoms with Gasteiger partial charge >= 0.3 is 5.97 Å². The van der Waals surface area contributed by atoms with Crippen molar-refractivity contribution >= 4 is 11.7 Å². The Balaban J connectivity index is 3.10. The Hall–Kier alpha value is -1.71. The molecule has 1 aromatic rings. The molecule has 0 fully saturated rings. The molecule has 4 heteroatoms. The largest absolute Gasteiger partial charge is 0.491 e. The summed E-state index contributed by atoms with van der Waals surface area (Å²) in [4.78, 5) is 11.5. The van der Waals surface area contributed by atoms with Crippen LogP contribution >= 0.6 is 0 Å². The Labute approximate surface area is 102 Å². The first-order chi connectivity index (χ1) is 7.99. The first-order valence-electron chi connectivity index (χ1n) is 5.64. The van der Waals surface area contributed by atoms with Gasteiger partial charge in [0.25, 0.3) is 0 Å². The predicted molar refractivity (Wildman–Crippen MR) is 67.3 cm³/mol. The minimum atomic E-state index is -0.444. The second kappa shape index (κ2) is 5.57. The van der Waals surface area contributed by atoms with E-state index in [1.54, 1.807) is 6.07 Å². The minimum Gasteiger partial charge on any atom is -0.491 e. The first-order valence-corrected chi connectivity index (χ1v) is 5.64. The number of anilines is 1. The zero-order valence-electron chi connectivity index (χ0n) is 10.7. The Morgan fingerprint density at radius 3 is 2.65 bits per heavy atom. The van der Waals surface area contributed by atoms with E-state index in [0.717, 1.165) is 12.0 Å². The summed E-state index contributed by atoms with van der Waals surface area (Å²) in [7, 11) is 1.33. The van der Waals surface area contributed by atoms with Gasteiger partial charge in [0.15, 0.2) is 0 Å². The maximum atomic E-state index is 11.5. The molecule has 4 nitrogen and oxygen atoms in total. The highest BCUT2D eigenvalue weighted by atomic mass is 16.5. The molecular weight excluding hydrogens is 218 g/mol. The third-order valence-electron chi connectivity index (χ3n) is 2.68. The fourth-order valence-corrected chi connectivity index (χ4v) is 1.43. The molecule has 0 saturated carbocycles. The van der Waals surface area contributed by atoms with Crippen LogP contribution in [0, 0.1) is 6.92 Å². The molecule has 0 aliphatic heterocycles. The van der Waals surface area contributed by atoms with Crippen molar-refractivity contribution < 1.29 is 14.3 Å². The van der Waals surface area contributed by atoms with Gasteiger partial charge in [-0.15, -0.1) is 0 Å². The topological polar surface area (TPSA) is 61.5 Å². The number of carbonyl (C=O) groups excluding carboxylic acids is 1. The van der Waals surface area contributed by atoms with E-state index in [4.69, 9.17) is 10.5 Å². The van der Waals surface area contributed by atoms with E-state index in [1.807, 2.05) is 26.8 Å². The average molecular weight is 237 g/mol. The van der Waals surface area contributed by atoms with E-state index in [-0.39, 0.29) is 6.10 Å². The summed E-state index contributed by atoms with van der Waals surface area (Å²) >= 11 is 0. The van der Waals surface area contributed by atoms with E-state index < -0.39 is 5.97 Å². The van der Waals surface area contributed by atoms with E-state index in [1.165, 1.54) is 7.11 Å². The number of rotatable bonds is 4. The normalized spacial score (nSPS) is 12.0. The molecule has 0 spiro atoms. The number of carbonyl (C=O) groups is 1. The molecule has 1 aromatic carbocycles. The van der Waals surface area contributed by atoms with Gasteiger partial charge < -0.3 is 15.2 Å². The lowest BCUT2D eigenvalue weighted by Crippen LogP contribution is -2.12. The van der Waals surface area contributed by atoms with Crippen molar-refractivity contribution in [3.63, 3.8) is 0 Å². The number of methoxy groups -OCH3 is 1. The Morgan fingerprint density at radius 2 is 2.12 bits per heavy atom. The second-order valence-electron chi connectivity index (χ2n) is 4.03. The number of benzene rings is 1. The summed E-state index contributed by atoms with van der Waals surface area (Å²) < 4.78 is 10.4. The summed E-state index contributed by atoms with van der Waals surface area (Å²) in [5, 5.41) is 0. The van der Waals surface area contributed by atoms with Crippen molar-refractivity contribution in [2.24, 2.45) is 0 Å². The van der Waals surface area contributed by atoms with Crippen molar-refractivity contribution in [1.29, 1.82) is 0 Å². The van der Waals surface area contributed by atoms with Crippen LogP contribution in [0.25, 0.3) is 0 Å². The summed E-state index contributed by atoms with van der Waals surface area (Å²) in [5.41, 5.74) is 7.44. The van der Waals surface area contributed by atoms with Crippen molar-refractivity contribution in [3.05, 3.63) is 23.3 Å². The highest BCUT2D eigenvalue weighted by molar-refractivity contribution is 5.96.